The fraction of sp³-hybridized carbons (Fsp3) is 0.714. The van der Waals surface area contributed by atoms with Crippen molar-refractivity contribution in [3.63, 3.8) is 0 Å². The minimum absolute atomic E-state index is 0.0886. The third kappa shape index (κ3) is 14.0. The molecular weight excluding hydrogens is 1040 g/mol. The van der Waals surface area contributed by atoms with E-state index in [4.69, 9.17) is 33.3 Å². The normalized spacial score (nSPS) is 23.9. The van der Waals surface area contributed by atoms with Gasteiger partial charge in [-0.25, -0.2) is 13.9 Å². The van der Waals surface area contributed by atoms with E-state index in [9.17, 15) is 44.3 Å². The number of rotatable bonds is 23. The van der Waals surface area contributed by atoms with E-state index in [0.717, 1.165) is 55.9 Å². The standard InChI is InChI=1S/C49H64F10N3O8PS2/c1-31(2)62(32(3)4)71(68-23-6-19-60)69-24-20-61(34-17-27-72-73-30-34)44(63)70-42-14-10-36(29-41(42)50)65-26-25-64-35-9-12-37-33(28-35)8-11-39-38(37)16-18-45(5)40(39)13-15-43(45)66-21-7-22-67-46(47(51,52)53,48(54,55)56)49(57,58)59/h9-10,12,14,28-29,31-32,34,38-40,43H,6-8,11,13,15-18,20-27,30H2,1-5H3/t34?,38-,39-,40+,43+,45+,71?/m1/s1. The van der Waals surface area contributed by atoms with Crippen LogP contribution in [0.3, 0.4) is 0 Å². The Hall–Kier alpha value is -2.97. The van der Waals surface area contributed by atoms with Crippen LogP contribution in [0.1, 0.15) is 103 Å². The number of nitriles is 1. The Balaban J connectivity index is 0.966. The van der Waals surface area contributed by atoms with Crippen LogP contribution in [-0.2, 0) is 24.9 Å². The lowest BCUT2D eigenvalue weighted by Crippen LogP contribution is -2.67. The smallest absolute Gasteiger partial charge is 0.435 e. The lowest BCUT2D eigenvalue weighted by molar-refractivity contribution is -0.457. The molecule has 0 bridgehead atoms. The molecule has 11 nitrogen and oxygen atoms in total. The predicted molar refractivity (Wildman–Crippen MR) is 257 cm³/mol. The Morgan fingerprint density at radius 2 is 1.48 bits per heavy atom. The van der Waals surface area contributed by atoms with Crippen LogP contribution >= 0.6 is 30.1 Å². The first kappa shape index (κ1) is 59.3. The van der Waals surface area contributed by atoms with Crippen LogP contribution in [0.2, 0.25) is 0 Å². The van der Waals surface area contributed by atoms with Gasteiger partial charge in [0.15, 0.2) is 11.6 Å². The third-order valence-electron chi connectivity index (χ3n) is 14.2. The summed E-state index contributed by atoms with van der Waals surface area (Å²) in [4.78, 5) is 15.2. The maximum Gasteiger partial charge on any atom is 0.435 e. The van der Waals surface area contributed by atoms with E-state index in [-0.39, 0.29) is 99.0 Å². The van der Waals surface area contributed by atoms with Gasteiger partial charge in [0.25, 0.3) is 8.53 Å². The Morgan fingerprint density at radius 3 is 2.10 bits per heavy atom. The number of alkyl halides is 9. The Morgan fingerprint density at radius 1 is 0.822 bits per heavy atom. The first-order chi connectivity index (χ1) is 34.4. The van der Waals surface area contributed by atoms with Crippen molar-refractivity contribution in [3.8, 4) is 23.3 Å². The molecule has 1 aliphatic heterocycles. The van der Waals surface area contributed by atoms with Gasteiger partial charge in [0.2, 0.25) is 0 Å². The van der Waals surface area contributed by atoms with E-state index in [1.54, 1.807) is 26.5 Å². The molecule has 2 aromatic carbocycles. The summed E-state index contributed by atoms with van der Waals surface area (Å²) in [7, 11) is 1.85. The Bertz CT molecular complexity index is 2120. The number of hydrogen-bond acceptors (Lipinski definition) is 12. The van der Waals surface area contributed by atoms with Gasteiger partial charge in [-0.15, -0.1) is 0 Å². The lowest BCUT2D eigenvalue weighted by atomic mass is 9.55. The number of ether oxygens (including phenoxy) is 5. The molecule has 1 amide bonds. The molecular formula is C49H64F10N3O8PS2. The Labute approximate surface area is 429 Å². The topological polar surface area (TPSA) is 112 Å². The average molecular weight is 1110 g/mol. The predicted octanol–water partition coefficient (Wildman–Crippen LogP) is 13.6. The van der Waals surface area contributed by atoms with Crippen molar-refractivity contribution in [1.29, 1.82) is 5.26 Å². The van der Waals surface area contributed by atoms with Crippen molar-refractivity contribution < 1.29 is 81.4 Å². The van der Waals surface area contributed by atoms with E-state index in [2.05, 4.69) is 28.5 Å². The number of halogens is 10. The molecule has 0 aromatic heterocycles. The quantitative estimate of drug-likeness (QED) is 0.0457. The largest absolute Gasteiger partial charge is 0.490 e. The molecule has 2 aromatic rings. The van der Waals surface area contributed by atoms with Crippen LogP contribution in [0.5, 0.6) is 17.2 Å². The number of aryl methyl sites for hydroxylation is 1. The van der Waals surface area contributed by atoms with Crippen LogP contribution in [-0.4, -0.2) is 122 Å². The van der Waals surface area contributed by atoms with Gasteiger partial charge in [0.05, 0.1) is 38.4 Å². The second kappa shape index (κ2) is 25.5. The zero-order chi connectivity index (χ0) is 53.4. The van der Waals surface area contributed by atoms with Gasteiger partial charge in [-0.2, -0.15) is 44.8 Å². The molecule has 6 rings (SSSR count). The summed E-state index contributed by atoms with van der Waals surface area (Å²) >= 11 is 0. The fourth-order valence-corrected chi connectivity index (χ4v) is 15.0. The summed E-state index contributed by atoms with van der Waals surface area (Å²) in [5.74, 6) is 2.08. The summed E-state index contributed by atoms with van der Waals surface area (Å²) in [6.07, 6.45) is -16.5. The van der Waals surface area contributed by atoms with Crippen molar-refractivity contribution in [3.05, 3.63) is 53.3 Å². The number of carbonyl (C=O) groups is 1. The molecule has 410 valence electrons. The first-order valence-corrected chi connectivity index (χ1v) is 28.1. The minimum atomic E-state index is -6.78. The van der Waals surface area contributed by atoms with E-state index < -0.39 is 57.6 Å². The monoisotopic (exact) mass is 1110 g/mol. The zero-order valence-electron chi connectivity index (χ0n) is 41.4. The second-order valence-electron chi connectivity index (χ2n) is 19.4. The first-order valence-electron chi connectivity index (χ1n) is 24.5. The fourth-order valence-electron chi connectivity index (χ4n) is 10.9. The minimum Gasteiger partial charge on any atom is -0.490 e. The third-order valence-corrected chi connectivity index (χ3v) is 18.8. The molecule has 3 fully saturated rings. The SMILES string of the molecule is CC(C)N(C(C)C)P(OCCC#N)OCCN(C(=O)Oc1ccc(OCCOc2ccc3c(c2)CC[C@@H]2[C@@H]3CC[C@]3(C)[C@@H](OCCCOC(C(F)(F)F)(C(F)(F)F)C(F)(F)F)CC[C@@H]23)cc1F)C1CCSSC1. The second-order valence-corrected chi connectivity index (χ2v) is 23.5. The van der Waals surface area contributed by atoms with Crippen molar-refractivity contribution in [1.82, 2.24) is 9.57 Å². The van der Waals surface area contributed by atoms with Gasteiger partial charge in [0.1, 0.15) is 24.7 Å². The highest BCUT2D eigenvalue weighted by atomic mass is 33.1. The lowest BCUT2D eigenvalue weighted by Gasteiger charge is -2.50. The van der Waals surface area contributed by atoms with E-state index in [1.807, 2.05) is 39.8 Å². The van der Waals surface area contributed by atoms with Crippen LogP contribution in [0.25, 0.3) is 0 Å². The van der Waals surface area contributed by atoms with Crippen LogP contribution in [0.4, 0.5) is 48.7 Å². The summed E-state index contributed by atoms with van der Waals surface area (Å²) in [5, 5.41) is 9.05. The highest BCUT2D eigenvalue weighted by Crippen LogP contribution is 2.62. The number of hydrogen-bond donors (Lipinski definition) is 0. The molecule has 0 N–H and O–H groups in total. The van der Waals surface area contributed by atoms with E-state index in [1.165, 1.54) is 17.7 Å². The van der Waals surface area contributed by atoms with Crippen molar-refractivity contribution in [2.24, 2.45) is 17.3 Å². The number of amides is 1. The van der Waals surface area contributed by atoms with Gasteiger partial charge in [-0.05, 0) is 138 Å². The highest BCUT2D eigenvalue weighted by Gasteiger charge is 2.85. The molecule has 0 radical (unpaired) electrons. The molecule has 1 heterocycles. The molecule has 3 aliphatic carbocycles. The van der Waals surface area contributed by atoms with Crippen molar-refractivity contribution >= 4 is 36.2 Å². The molecule has 73 heavy (non-hydrogen) atoms. The molecule has 24 heteroatoms. The highest BCUT2D eigenvalue weighted by molar-refractivity contribution is 8.76. The number of nitrogens with zero attached hydrogens (tertiary/aromatic N) is 3. The van der Waals surface area contributed by atoms with Crippen LogP contribution in [0.15, 0.2) is 36.4 Å². The summed E-state index contributed by atoms with van der Waals surface area (Å²) < 4.78 is 176. The van der Waals surface area contributed by atoms with Gasteiger partial charge >= 0.3 is 30.2 Å². The van der Waals surface area contributed by atoms with Crippen LogP contribution < -0.4 is 14.2 Å². The Kier molecular flexibility index (Phi) is 20.7. The summed E-state index contributed by atoms with van der Waals surface area (Å²) in [6, 6.07) is 12.1. The zero-order valence-corrected chi connectivity index (χ0v) is 43.9. The molecule has 4 aliphatic rings. The maximum absolute atomic E-state index is 15.4. The molecule has 7 atom stereocenters. The molecule has 0 spiro atoms. The molecule has 2 saturated carbocycles. The number of carbonyl (C=O) groups excluding carboxylic acids is 1. The van der Waals surface area contributed by atoms with E-state index in [0.29, 0.717) is 23.8 Å². The van der Waals surface area contributed by atoms with Crippen molar-refractivity contribution in [2.75, 3.05) is 57.7 Å². The maximum atomic E-state index is 15.4. The van der Waals surface area contributed by atoms with Gasteiger partial charge in [-0.3, -0.25) is 0 Å². The van der Waals surface area contributed by atoms with Crippen LogP contribution in [0, 0.1) is 34.4 Å². The summed E-state index contributed by atoms with van der Waals surface area (Å²) in [5.41, 5.74) is -4.27. The van der Waals surface area contributed by atoms with Gasteiger partial charge in [0, 0.05) is 48.8 Å². The van der Waals surface area contributed by atoms with Gasteiger partial charge < -0.3 is 37.6 Å². The number of fused-ring (bicyclic) bond motifs is 5. The van der Waals surface area contributed by atoms with Crippen molar-refractivity contribution in [2.45, 2.75) is 147 Å². The van der Waals surface area contributed by atoms with E-state index >= 15 is 4.39 Å². The molecule has 2 unspecified atom stereocenters. The number of benzene rings is 2. The summed E-state index contributed by atoms with van der Waals surface area (Å²) in [6.45, 7) is 9.16. The van der Waals surface area contributed by atoms with Gasteiger partial charge in [-0.1, -0.05) is 34.6 Å². The average Bonchev–Trinajstić information content (AvgIpc) is 3.65. The molecule has 1 saturated heterocycles.